The van der Waals surface area contributed by atoms with E-state index in [1.807, 2.05) is 13.8 Å². The van der Waals surface area contributed by atoms with Crippen molar-refractivity contribution < 1.29 is 34.4 Å². The van der Waals surface area contributed by atoms with Crippen LogP contribution >= 0.6 is 0 Å². The molecule has 0 aliphatic rings. The molecule has 0 aliphatic heterocycles. The average molecular weight is 305 g/mol. The fraction of sp³-hybridized carbons (Fsp3) is 0.769. The van der Waals surface area contributed by atoms with Gasteiger partial charge < -0.3 is 25.4 Å². The first-order valence-electron chi connectivity index (χ1n) is 6.78. The van der Waals surface area contributed by atoms with Crippen molar-refractivity contribution in [2.45, 2.75) is 51.9 Å². The van der Waals surface area contributed by atoms with Crippen molar-refractivity contribution in [2.24, 2.45) is 5.92 Å². The van der Waals surface area contributed by atoms with Gasteiger partial charge >= 0.3 is 17.9 Å². The van der Waals surface area contributed by atoms with Crippen LogP contribution in [0.2, 0.25) is 0 Å². The van der Waals surface area contributed by atoms with Gasteiger partial charge in [-0.25, -0.2) is 4.79 Å². The molecule has 0 saturated carbocycles. The molecule has 8 heteroatoms. The second kappa shape index (κ2) is 10.3. The van der Waals surface area contributed by atoms with E-state index in [4.69, 9.17) is 15.3 Å². The minimum atomic E-state index is -1.48. The van der Waals surface area contributed by atoms with Crippen molar-refractivity contribution in [1.82, 2.24) is 5.32 Å². The summed E-state index contributed by atoms with van der Waals surface area (Å²) < 4.78 is 4.59. The van der Waals surface area contributed by atoms with Gasteiger partial charge in [-0.2, -0.15) is 0 Å². The highest BCUT2D eigenvalue weighted by Gasteiger charge is 2.23. The van der Waals surface area contributed by atoms with Crippen LogP contribution in [-0.2, 0) is 19.1 Å². The van der Waals surface area contributed by atoms with E-state index in [1.165, 1.54) is 0 Å². The van der Waals surface area contributed by atoms with Gasteiger partial charge in [0.05, 0.1) is 12.8 Å². The van der Waals surface area contributed by atoms with Crippen LogP contribution in [0.15, 0.2) is 0 Å². The molecule has 21 heavy (non-hydrogen) atoms. The molecule has 0 bridgehead atoms. The third-order valence-electron chi connectivity index (χ3n) is 2.54. The van der Waals surface area contributed by atoms with Crippen LogP contribution in [0.3, 0.4) is 0 Å². The molecule has 0 fully saturated rings. The third kappa shape index (κ3) is 10.9. The topological polar surface area (TPSA) is 133 Å². The van der Waals surface area contributed by atoms with Gasteiger partial charge in [0, 0.05) is 13.0 Å². The lowest BCUT2D eigenvalue weighted by Gasteiger charge is -2.19. The SMILES string of the molecule is CC(C)C[C@H](NCCC(O)O)C(=O)OC(=O)CCC(=O)O. The summed E-state index contributed by atoms with van der Waals surface area (Å²) in [4.78, 5) is 33.5. The zero-order valence-electron chi connectivity index (χ0n) is 12.2. The number of ether oxygens (including phenoxy) is 1. The maximum atomic E-state index is 11.8. The number of carbonyl (C=O) groups excluding carboxylic acids is 2. The van der Waals surface area contributed by atoms with Gasteiger partial charge in [-0.15, -0.1) is 0 Å². The Kier molecular flexibility index (Phi) is 9.51. The van der Waals surface area contributed by atoms with E-state index in [0.717, 1.165) is 0 Å². The Morgan fingerprint density at radius 3 is 2.24 bits per heavy atom. The van der Waals surface area contributed by atoms with E-state index in [0.29, 0.717) is 6.42 Å². The van der Waals surface area contributed by atoms with E-state index in [-0.39, 0.29) is 25.3 Å². The maximum Gasteiger partial charge on any atom is 0.330 e. The standard InChI is InChI=1S/C13H23NO7/c1-8(2)7-9(14-6-5-11(17)18)13(20)21-12(19)4-3-10(15)16/h8-9,11,14,17-18H,3-7H2,1-2H3,(H,15,16)/t9-/m0/s1. The second-order valence-corrected chi connectivity index (χ2v) is 5.09. The normalized spacial score (nSPS) is 12.5. The molecule has 8 nitrogen and oxygen atoms in total. The summed E-state index contributed by atoms with van der Waals surface area (Å²) in [5, 5.41) is 28.7. The van der Waals surface area contributed by atoms with Crippen molar-refractivity contribution in [3.8, 4) is 0 Å². The van der Waals surface area contributed by atoms with Gasteiger partial charge in [0.2, 0.25) is 0 Å². The molecule has 4 N–H and O–H groups in total. The average Bonchev–Trinajstić information content (AvgIpc) is 2.34. The van der Waals surface area contributed by atoms with Gasteiger partial charge in [0.25, 0.3) is 0 Å². The zero-order valence-corrected chi connectivity index (χ0v) is 12.2. The molecule has 0 rings (SSSR count). The zero-order chi connectivity index (χ0) is 16.4. The van der Waals surface area contributed by atoms with E-state index < -0.39 is 36.7 Å². The monoisotopic (exact) mass is 305 g/mol. The number of carboxylic acids is 1. The predicted molar refractivity (Wildman–Crippen MR) is 72.1 cm³/mol. The van der Waals surface area contributed by atoms with E-state index in [9.17, 15) is 14.4 Å². The maximum absolute atomic E-state index is 11.8. The van der Waals surface area contributed by atoms with Crippen molar-refractivity contribution >= 4 is 17.9 Å². The van der Waals surface area contributed by atoms with Gasteiger partial charge in [0.15, 0.2) is 6.29 Å². The predicted octanol–water partition coefficient (Wildman–Crippen LogP) is -0.374. The molecule has 0 aromatic rings. The largest absolute Gasteiger partial charge is 0.481 e. The first-order valence-corrected chi connectivity index (χ1v) is 6.78. The summed E-state index contributed by atoms with van der Waals surface area (Å²) in [6, 6.07) is -0.752. The number of aliphatic hydroxyl groups excluding tert-OH is 1. The first-order chi connectivity index (χ1) is 9.72. The van der Waals surface area contributed by atoms with Crippen LogP contribution < -0.4 is 5.32 Å². The first kappa shape index (κ1) is 19.5. The summed E-state index contributed by atoms with van der Waals surface area (Å²) in [5.41, 5.74) is 0. The summed E-state index contributed by atoms with van der Waals surface area (Å²) in [5.74, 6) is -2.66. The van der Waals surface area contributed by atoms with Crippen LogP contribution in [0.5, 0.6) is 0 Å². The summed E-state index contributed by atoms with van der Waals surface area (Å²) in [7, 11) is 0. The lowest BCUT2D eigenvalue weighted by molar-refractivity contribution is -0.162. The van der Waals surface area contributed by atoms with Crippen molar-refractivity contribution in [1.29, 1.82) is 0 Å². The molecule has 0 aliphatic carbocycles. The van der Waals surface area contributed by atoms with Crippen molar-refractivity contribution in [3.63, 3.8) is 0 Å². The minimum absolute atomic E-state index is 0.0365. The number of aliphatic carboxylic acids is 1. The van der Waals surface area contributed by atoms with Crippen LogP contribution in [0, 0.1) is 5.92 Å². The molecule has 0 radical (unpaired) electrons. The number of carboxylic acid groups (broad SMARTS) is 1. The summed E-state index contributed by atoms with van der Waals surface area (Å²) in [6.45, 7) is 3.94. The number of hydrogen-bond donors (Lipinski definition) is 4. The highest BCUT2D eigenvalue weighted by molar-refractivity contribution is 5.89. The molecule has 0 aromatic heterocycles. The Morgan fingerprint density at radius 2 is 1.76 bits per heavy atom. The Morgan fingerprint density at radius 1 is 1.14 bits per heavy atom. The van der Waals surface area contributed by atoms with E-state index in [2.05, 4.69) is 10.1 Å². The van der Waals surface area contributed by atoms with Crippen LogP contribution in [0.1, 0.15) is 39.5 Å². The molecule has 0 unspecified atom stereocenters. The molecule has 0 spiro atoms. The molecule has 122 valence electrons. The summed E-state index contributed by atoms with van der Waals surface area (Å²) in [6.07, 6.45) is -1.80. The van der Waals surface area contributed by atoms with Crippen molar-refractivity contribution in [3.05, 3.63) is 0 Å². The Labute approximate surface area is 123 Å². The van der Waals surface area contributed by atoms with Crippen LogP contribution in [0.4, 0.5) is 0 Å². The molecule has 0 heterocycles. The minimum Gasteiger partial charge on any atom is -0.481 e. The second-order valence-electron chi connectivity index (χ2n) is 5.09. The van der Waals surface area contributed by atoms with Gasteiger partial charge in [0.1, 0.15) is 6.04 Å². The number of hydrogen-bond acceptors (Lipinski definition) is 7. The molecule has 0 saturated heterocycles. The number of rotatable bonds is 10. The third-order valence-corrected chi connectivity index (χ3v) is 2.54. The Balaban J connectivity index is 4.35. The smallest absolute Gasteiger partial charge is 0.330 e. The number of nitrogens with one attached hydrogen (secondary N) is 1. The van der Waals surface area contributed by atoms with Gasteiger partial charge in [-0.1, -0.05) is 13.8 Å². The molecular weight excluding hydrogens is 282 g/mol. The lowest BCUT2D eigenvalue weighted by atomic mass is 10.0. The van der Waals surface area contributed by atoms with E-state index in [1.54, 1.807) is 0 Å². The fourth-order valence-electron chi connectivity index (χ4n) is 1.56. The number of esters is 2. The van der Waals surface area contributed by atoms with E-state index >= 15 is 0 Å². The van der Waals surface area contributed by atoms with Gasteiger partial charge in [-0.3, -0.25) is 9.59 Å². The quantitative estimate of drug-likeness (QED) is 0.244. The molecular formula is C13H23NO7. The Bertz CT molecular complexity index is 354. The highest BCUT2D eigenvalue weighted by atomic mass is 16.6. The molecule has 0 aromatic carbocycles. The summed E-state index contributed by atoms with van der Waals surface area (Å²) >= 11 is 0. The highest BCUT2D eigenvalue weighted by Crippen LogP contribution is 2.08. The number of aliphatic hydroxyl groups is 2. The van der Waals surface area contributed by atoms with Crippen molar-refractivity contribution in [2.75, 3.05) is 6.54 Å². The van der Waals surface area contributed by atoms with Crippen LogP contribution in [-0.4, -0.2) is 52.1 Å². The lowest BCUT2D eigenvalue weighted by Crippen LogP contribution is -2.41. The Hall–Kier alpha value is -1.51. The molecule has 0 amide bonds. The molecule has 1 atom stereocenters. The number of carbonyl (C=O) groups is 3. The fourth-order valence-corrected chi connectivity index (χ4v) is 1.56. The van der Waals surface area contributed by atoms with Crippen LogP contribution in [0.25, 0.3) is 0 Å². The van der Waals surface area contributed by atoms with Gasteiger partial charge in [-0.05, 0) is 12.3 Å².